The first-order valence-corrected chi connectivity index (χ1v) is 7.83. The van der Waals surface area contributed by atoms with Gasteiger partial charge in [-0.1, -0.05) is 35.9 Å². The van der Waals surface area contributed by atoms with Gasteiger partial charge in [0.1, 0.15) is 12.4 Å². The summed E-state index contributed by atoms with van der Waals surface area (Å²) in [5.41, 5.74) is 2.28. The van der Waals surface area contributed by atoms with Crippen molar-refractivity contribution < 1.29 is 4.74 Å². The quantitative estimate of drug-likeness (QED) is 0.552. The fraction of sp³-hybridized carbons (Fsp3) is 0.176. The van der Waals surface area contributed by atoms with E-state index in [0.29, 0.717) is 6.61 Å². The topological polar surface area (TPSA) is 21.3 Å². The highest BCUT2D eigenvalue weighted by Crippen LogP contribution is 2.27. The third kappa shape index (κ3) is 5.20. The molecule has 0 saturated carbocycles. The molecule has 0 aliphatic carbocycles. The van der Waals surface area contributed by atoms with Crippen LogP contribution >= 0.6 is 27.5 Å². The minimum atomic E-state index is 0.518. The third-order valence-electron chi connectivity index (χ3n) is 2.92. The van der Waals surface area contributed by atoms with Crippen LogP contribution in [0.25, 0.3) is 0 Å². The van der Waals surface area contributed by atoms with Crippen molar-refractivity contribution in [1.82, 2.24) is 5.32 Å². The zero-order valence-electron chi connectivity index (χ0n) is 11.6. The lowest BCUT2D eigenvalue weighted by atomic mass is 10.2. The van der Waals surface area contributed by atoms with Gasteiger partial charge in [0, 0.05) is 18.1 Å². The molecular formula is C17H17BrClNO. The average Bonchev–Trinajstić information content (AvgIpc) is 2.48. The fourth-order valence-corrected chi connectivity index (χ4v) is 2.50. The van der Waals surface area contributed by atoms with Crippen molar-refractivity contribution >= 4 is 27.5 Å². The van der Waals surface area contributed by atoms with Crippen LogP contribution in [0.15, 0.2) is 59.6 Å². The highest BCUT2D eigenvalue weighted by Gasteiger charge is 2.03. The Kier molecular flexibility index (Phi) is 6.30. The molecule has 0 fully saturated rings. The van der Waals surface area contributed by atoms with Gasteiger partial charge < -0.3 is 10.1 Å². The van der Waals surface area contributed by atoms with Crippen molar-refractivity contribution in [2.75, 3.05) is 6.54 Å². The number of rotatable bonds is 7. The van der Waals surface area contributed by atoms with E-state index in [1.54, 1.807) is 0 Å². The maximum absolute atomic E-state index is 5.86. The molecule has 0 heterocycles. The van der Waals surface area contributed by atoms with Gasteiger partial charge in [-0.3, -0.25) is 0 Å². The summed E-state index contributed by atoms with van der Waals surface area (Å²) in [6, 6.07) is 13.7. The molecule has 0 bridgehead atoms. The molecule has 0 saturated heterocycles. The molecule has 21 heavy (non-hydrogen) atoms. The van der Waals surface area contributed by atoms with Gasteiger partial charge in [0.15, 0.2) is 0 Å². The first-order chi connectivity index (χ1) is 10.2. The highest BCUT2D eigenvalue weighted by atomic mass is 79.9. The Hall–Kier alpha value is -1.29. The molecule has 2 aromatic rings. The largest absolute Gasteiger partial charge is 0.488 e. The van der Waals surface area contributed by atoms with Crippen LogP contribution < -0.4 is 10.1 Å². The summed E-state index contributed by atoms with van der Waals surface area (Å²) in [6.45, 7) is 5.81. The standard InChI is InChI=1S/C17H17BrClNO/c1-2-9-20-11-14-5-8-17(16(18)10-14)21-12-13-3-6-15(19)7-4-13/h2-8,10,20H,1,9,11-12H2. The molecule has 0 radical (unpaired) electrons. The van der Waals surface area contributed by atoms with E-state index in [2.05, 4.69) is 40.0 Å². The van der Waals surface area contributed by atoms with Crippen molar-refractivity contribution in [2.45, 2.75) is 13.2 Å². The van der Waals surface area contributed by atoms with Gasteiger partial charge in [0.05, 0.1) is 4.47 Å². The molecule has 2 rings (SSSR count). The summed E-state index contributed by atoms with van der Waals surface area (Å²) in [4.78, 5) is 0. The molecule has 0 amide bonds. The normalized spacial score (nSPS) is 10.4. The molecule has 2 aromatic carbocycles. The first-order valence-electron chi connectivity index (χ1n) is 6.66. The minimum absolute atomic E-state index is 0.518. The Morgan fingerprint density at radius 1 is 1.14 bits per heavy atom. The Morgan fingerprint density at radius 2 is 1.86 bits per heavy atom. The van der Waals surface area contributed by atoms with Crippen LogP contribution in [0, 0.1) is 0 Å². The van der Waals surface area contributed by atoms with Crippen molar-refractivity contribution in [2.24, 2.45) is 0 Å². The minimum Gasteiger partial charge on any atom is -0.488 e. The lowest BCUT2D eigenvalue weighted by molar-refractivity contribution is 0.304. The van der Waals surface area contributed by atoms with Gasteiger partial charge in [-0.25, -0.2) is 0 Å². The molecule has 110 valence electrons. The lowest BCUT2D eigenvalue weighted by Crippen LogP contribution is -2.12. The van der Waals surface area contributed by atoms with Gasteiger partial charge in [-0.15, -0.1) is 6.58 Å². The van der Waals surface area contributed by atoms with Gasteiger partial charge in [-0.05, 0) is 51.3 Å². The first kappa shape index (κ1) is 16.1. The molecule has 0 aliphatic heterocycles. The van der Waals surface area contributed by atoms with E-state index in [1.807, 2.05) is 36.4 Å². The van der Waals surface area contributed by atoms with Crippen molar-refractivity contribution in [3.8, 4) is 5.75 Å². The summed E-state index contributed by atoms with van der Waals surface area (Å²) >= 11 is 9.41. The van der Waals surface area contributed by atoms with Gasteiger partial charge >= 0.3 is 0 Å². The molecular weight excluding hydrogens is 350 g/mol. The summed E-state index contributed by atoms with van der Waals surface area (Å²) in [5.74, 6) is 0.831. The van der Waals surface area contributed by atoms with Crippen molar-refractivity contribution in [3.05, 3.63) is 75.7 Å². The molecule has 0 aromatic heterocycles. The molecule has 4 heteroatoms. The van der Waals surface area contributed by atoms with E-state index in [1.165, 1.54) is 5.56 Å². The lowest BCUT2D eigenvalue weighted by Gasteiger charge is -2.10. The van der Waals surface area contributed by atoms with Gasteiger partial charge in [0.25, 0.3) is 0 Å². The Bertz CT molecular complexity index is 598. The SMILES string of the molecule is C=CCNCc1ccc(OCc2ccc(Cl)cc2)c(Br)c1. The number of benzene rings is 2. The van der Waals surface area contributed by atoms with Crippen LogP contribution in [-0.4, -0.2) is 6.54 Å². The highest BCUT2D eigenvalue weighted by molar-refractivity contribution is 9.10. The van der Waals surface area contributed by atoms with E-state index in [4.69, 9.17) is 16.3 Å². The maximum atomic E-state index is 5.86. The third-order valence-corrected chi connectivity index (χ3v) is 3.79. The predicted octanol–water partition coefficient (Wildman–Crippen LogP) is 4.96. The van der Waals surface area contributed by atoms with E-state index < -0.39 is 0 Å². The molecule has 1 N–H and O–H groups in total. The Labute approximate surface area is 138 Å². The fourth-order valence-electron chi connectivity index (χ4n) is 1.83. The smallest absolute Gasteiger partial charge is 0.134 e. The molecule has 0 spiro atoms. The zero-order chi connectivity index (χ0) is 15.1. The number of halogens is 2. The van der Waals surface area contributed by atoms with E-state index >= 15 is 0 Å². The molecule has 2 nitrogen and oxygen atoms in total. The zero-order valence-corrected chi connectivity index (χ0v) is 14.0. The summed E-state index contributed by atoms with van der Waals surface area (Å²) < 4.78 is 6.77. The number of hydrogen-bond donors (Lipinski definition) is 1. The average molecular weight is 367 g/mol. The summed E-state index contributed by atoms with van der Waals surface area (Å²) in [6.07, 6.45) is 1.85. The van der Waals surface area contributed by atoms with Crippen LogP contribution in [-0.2, 0) is 13.2 Å². The summed E-state index contributed by atoms with van der Waals surface area (Å²) in [7, 11) is 0. The van der Waals surface area contributed by atoms with Crippen LogP contribution in [0.2, 0.25) is 5.02 Å². The van der Waals surface area contributed by atoms with Crippen LogP contribution in [0.3, 0.4) is 0 Å². The number of ether oxygens (including phenoxy) is 1. The molecule has 0 aliphatic rings. The maximum Gasteiger partial charge on any atom is 0.134 e. The second-order valence-corrected chi connectivity index (χ2v) is 5.89. The van der Waals surface area contributed by atoms with E-state index in [0.717, 1.165) is 33.9 Å². The van der Waals surface area contributed by atoms with Crippen molar-refractivity contribution in [1.29, 1.82) is 0 Å². The monoisotopic (exact) mass is 365 g/mol. The second-order valence-electron chi connectivity index (χ2n) is 4.60. The van der Waals surface area contributed by atoms with Gasteiger partial charge in [0.2, 0.25) is 0 Å². The summed E-state index contributed by atoms with van der Waals surface area (Å²) in [5, 5.41) is 4.00. The number of hydrogen-bond acceptors (Lipinski definition) is 2. The Morgan fingerprint density at radius 3 is 2.52 bits per heavy atom. The molecule has 0 unspecified atom stereocenters. The van der Waals surface area contributed by atoms with Crippen molar-refractivity contribution in [3.63, 3.8) is 0 Å². The van der Waals surface area contributed by atoms with Crippen LogP contribution in [0.1, 0.15) is 11.1 Å². The van der Waals surface area contributed by atoms with E-state index in [-0.39, 0.29) is 0 Å². The van der Waals surface area contributed by atoms with Crippen LogP contribution in [0.5, 0.6) is 5.75 Å². The molecule has 0 atom stereocenters. The van der Waals surface area contributed by atoms with E-state index in [9.17, 15) is 0 Å². The van der Waals surface area contributed by atoms with Gasteiger partial charge in [-0.2, -0.15) is 0 Å². The Balaban J connectivity index is 1.94. The predicted molar refractivity (Wildman–Crippen MR) is 91.8 cm³/mol. The number of nitrogens with one attached hydrogen (secondary N) is 1. The second kappa shape index (κ2) is 8.23. The van der Waals surface area contributed by atoms with Crippen LogP contribution in [0.4, 0.5) is 0 Å².